The van der Waals surface area contributed by atoms with Gasteiger partial charge in [0.05, 0.1) is 28.1 Å². The molecule has 0 aliphatic carbocycles. The molecule has 0 saturated heterocycles. The fourth-order valence-corrected chi connectivity index (χ4v) is 5.13. The summed E-state index contributed by atoms with van der Waals surface area (Å²) in [5.74, 6) is -1.28. The van der Waals surface area contributed by atoms with Gasteiger partial charge in [-0.1, -0.05) is 6.08 Å². The lowest BCUT2D eigenvalue weighted by atomic mass is 10.0. The number of aromatic carboxylic acids is 1. The maximum Gasteiger partial charge on any atom is 0.335 e. The summed E-state index contributed by atoms with van der Waals surface area (Å²) < 4.78 is 6.12. The van der Waals surface area contributed by atoms with Crippen LogP contribution in [0.2, 0.25) is 0 Å². The monoisotopic (exact) mass is 608 g/mol. The van der Waals surface area contributed by atoms with E-state index < -0.39 is 29.8 Å². The Morgan fingerprint density at radius 3 is 2.31 bits per heavy atom. The number of nitrogens with one attached hydrogen (secondary N) is 2. The number of ether oxygens (including phenoxy) is 1. The average molecular weight is 609 g/mol. The summed E-state index contributed by atoms with van der Waals surface area (Å²) in [6, 6.07) is 12.0. The number of fused-ring (bicyclic) bond motifs is 2. The van der Waals surface area contributed by atoms with E-state index in [1.165, 1.54) is 42.5 Å². The highest BCUT2D eigenvalue weighted by Gasteiger charge is 2.28. The van der Waals surface area contributed by atoms with Crippen LogP contribution in [0, 0.1) is 13.8 Å². The molecule has 3 aromatic rings. The molecule has 0 atom stereocenters. The van der Waals surface area contributed by atoms with Crippen LogP contribution in [0.15, 0.2) is 69.3 Å². The molecule has 226 valence electrons. The van der Waals surface area contributed by atoms with Crippen molar-refractivity contribution in [1.82, 2.24) is 19.7 Å². The first kappa shape index (κ1) is 28.8. The quantitative estimate of drug-likeness (QED) is 0.169. The van der Waals surface area contributed by atoms with E-state index in [4.69, 9.17) is 14.9 Å². The highest BCUT2D eigenvalue weighted by Crippen LogP contribution is 2.30. The van der Waals surface area contributed by atoms with Gasteiger partial charge in [0.2, 0.25) is 0 Å². The molecule has 4 heterocycles. The third-order valence-corrected chi connectivity index (χ3v) is 7.41. The van der Waals surface area contributed by atoms with Gasteiger partial charge < -0.3 is 30.0 Å². The van der Waals surface area contributed by atoms with E-state index in [9.17, 15) is 24.3 Å². The molecule has 14 heteroatoms. The number of benzene rings is 2. The molecule has 2 aromatic carbocycles. The predicted octanol–water partition coefficient (Wildman–Crippen LogP) is 1.39. The zero-order valence-corrected chi connectivity index (χ0v) is 23.7. The number of hydrogen-bond acceptors (Lipinski definition) is 9. The van der Waals surface area contributed by atoms with E-state index in [-0.39, 0.29) is 44.7 Å². The van der Waals surface area contributed by atoms with E-state index >= 15 is 0 Å². The Labute approximate surface area is 252 Å². The number of pyridine rings is 2. The molecule has 0 unspecified atom stereocenters. The number of aromatic nitrogens is 4. The number of carbonyl (C=O) groups excluding carboxylic acids is 1. The van der Waals surface area contributed by atoms with Gasteiger partial charge in [0, 0.05) is 10.8 Å². The van der Waals surface area contributed by atoms with Gasteiger partial charge in [-0.3, -0.25) is 14.4 Å². The molecule has 3 aliphatic heterocycles. The summed E-state index contributed by atoms with van der Waals surface area (Å²) >= 11 is 0. The van der Waals surface area contributed by atoms with Gasteiger partial charge in [-0.15, -0.1) is 10.2 Å². The number of hydrogen-bond donors (Lipinski definition) is 5. The molecule has 0 fully saturated rings. The summed E-state index contributed by atoms with van der Waals surface area (Å²) in [4.78, 5) is 56.1. The molecule has 5 N–H and O–H groups in total. The van der Waals surface area contributed by atoms with Crippen LogP contribution in [0.3, 0.4) is 0 Å². The Morgan fingerprint density at radius 1 is 0.956 bits per heavy atom. The number of rotatable bonds is 7. The summed E-state index contributed by atoms with van der Waals surface area (Å²) in [5.41, 5.74) is 1.52. The Morgan fingerprint density at radius 2 is 1.64 bits per heavy atom. The predicted molar refractivity (Wildman–Crippen MR) is 161 cm³/mol. The van der Waals surface area contributed by atoms with Crippen LogP contribution in [0.25, 0.3) is 29.2 Å². The number of anilines is 1. The normalized spacial score (nSPS) is 13.1. The van der Waals surface area contributed by atoms with Gasteiger partial charge in [-0.05, 0) is 85.7 Å². The van der Waals surface area contributed by atoms with Gasteiger partial charge in [0.25, 0.3) is 17.0 Å². The lowest BCUT2D eigenvalue weighted by Crippen LogP contribution is -2.38. The molecule has 3 aliphatic rings. The number of aromatic hydroxyl groups is 1. The molecule has 0 saturated carbocycles. The number of aliphatic hydroxyl groups is 1. The summed E-state index contributed by atoms with van der Waals surface area (Å²) in [6.45, 7) is 2.78. The number of carboxylic acid groups (broad SMARTS) is 1. The molecular weight excluding hydrogens is 584 g/mol. The standard InChI is InChI=1S/C31H24N6O8/c1-15-21(27(39)32-25-23(15)29(41)36(34-25)18-8-6-17(7-9-18)31(43)44)4-3-5-22-16(2)24-26(33-28(22)40)35-37(30(24)42)19-10-12-20(13-11-19)45-14-38/h3-13,38H,14H2,1-2H3,(H,43,44)(H2,32,34,39)(H,33,35,40)/b4-3+,22-5-. The zero-order chi connectivity index (χ0) is 32.0. The largest absolute Gasteiger partial charge is 0.494 e. The van der Waals surface area contributed by atoms with Crippen LogP contribution in [0.4, 0.5) is 5.69 Å². The second-order valence-corrected chi connectivity index (χ2v) is 10.0. The smallest absolute Gasteiger partial charge is 0.335 e. The minimum absolute atomic E-state index is 0.0561. The number of aliphatic hydroxyl groups excluding tert-OH is 1. The number of nitrogens with zero attached hydrogens (tertiary/aromatic N) is 4. The van der Waals surface area contributed by atoms with E-state index in [0.717, 1.165) is 9.69 Å². The zero-order valence-electron chi connectivity index (χ0n) is 23.7. The number of allylic oxidation sites excluding steroid dienone is 1. The maximum absolute atomic E-state index is 13.3. The summed E-state index contributed by atoms with van der Waals surface area (Å²) in [7, 11) is 0. The number of aromatic amines is 2. The number of H-pyrrole nitrogens is 2. The average Bonchev–Trinajstić information content (AvgIpc) is 3.52. The minimum Gasteiger partial charge on any atom is -0.494 e. The van der Waals surface area contributed by atoms with Gasteiger partial charge in [0.1, 0.15) is 5.75 Å². The van der Waals surface area contributed by atoms with Crippen molar-refractivity contribution in [3.63, 3.8) is 0 Å². The number of carboxylic acids is 1. The van der Waals surface area contributed by atoms with E-state index in [2.05, 4.69) is 20.2 Å². The molecule has 1 amide bonds. The summed E-state index contributed by atoms with van der Waals surface area (Å²) in [6.07, 6.45) is 4.51. The Balaban J connectivity index is 1.34. The van der Waals surface area contributed by atoms with Crippen molar-refractivity contribution in [2.75, 3.05) is 11.8 Å². The molecule has 1 aromatic heterocycles. The fraction of sp³-hybridized carbons (Fsp3) is 0.0968. The van der Waals surface area contributed by atoms with E-state index in [1.54, 1.807) is 38.1 Å². The fourth-order valence-electron chi connectivity index (χ4n) is 5.13. The molecule has 6 rings (SSSR count). The van der Waals surface area contributed by atoms with Crippen molar-refractivity contribution in [1.29, 1.82) is 0 Å². The van der Waals surface area contributed by atoms with Crippen LogP contribution in [-0.2, 0) is 0 Å². The number of carbonyl (C=O) groups is 2. The van der Waals surface area contributed by atoms with E-state index in [0.29, 0.717) is 28.3 Å². The Bertz CT molecular complexity index is 2250. The van der Waals surface area contributed by atoms with Crippen LogP contribution >= 0.6 is 0 Å². The summed E-state index contributed by atoms with van der Waals surface area (Å²) in [5, 5.41) is 38.7. The van der Waals surface area contributed by atoms with Crippen LogP contribution in [-0.4, -0.2) is 53.7 Å². The first-order valence-electron chi connectivity index (χ1n) is 13.5. The maximum atomic E-state index is 13.3. The van der Waals surface area contributed by atoms with Crippen molar-refractivity contribution < 1.29 is 29.6 Å². The molecular formula is C31H24N6O8. The van der Waals surface area contributed by atoms with Crippen LogP contribution < -0.4 is 31.6 Å². The molecule has 45 heavy (non-hydrogen) atoms. The second kappa shape index (κ2) is 11.1. The van der Waals surface area contributed by atoms with Crippen LogP contribution in [0.1, 0.15) is 37.4 Å². The lowest BCUT2D eigenvalue weighted by Gasteiger charge is -2.12. The molecule has 0 radical (unpaired) electrons. The molecule has 14 nitrogen and oxygen atoms in total. The van der Waals surface area contributed by atoms with Gasteiger partial charge >= 0.3 is 5.97 Å². The first-order valence-corrected chi connectivity index (χ1v) is 13.5. The van der Waals surface area contributed by atoms with Crippen LogP contribution in [0.5, 0.6) is 11.6 Å². The topological polar surface area (TPSA) is 203 Å². The van der Waals surface area contributed by atoms with Crippen molar-refractivity contribution in [3.8, 4) is 28.7 Å². The highest BCUT2D eigenvalue weighted by molar-refractivity contribution is 6.08. The van der Waals surface area contributed by atoms with Crippen molar-refractivity contribution in [2.24, 2.45) is 5.10 Å². The van der Waals surface area contributed by atoms with Crippen molar-refractivity contribution in [2.45, 2.75) is 13.8 Å². The van der Waals surface area contributed by atoms with E-state index in [1.807, 2.05) is 0 Å². The van der Waals surface area contributed by atoms with Gasteiger partial charge in [-0.2, -0.15) is 9.69 Å². The SMILES string of the molecule is Cc1c(/C=C/C=c2/c(C)c3c([nH]c2=O)=NN(c2ccc(OCO)cc2)C3=O)c(O)[nH]c2nn(-c3ccc(C(=O)O)cc3)c(=O)c1-2. The Hall–Kier alpha value is -6.28. The third kappa shape index (κ3) is 4.94. The minimum atomic E-state index is -1.10. The van der Waals surface area contributed by atoms with Crippen molar-refractivity contribution in [3.05, 3.63) is 114 Å². The van der Waals surface area contributed by atoms with Gasteiger partial charge in [-0.25, -0.2) is 4.79 Å². The molecule has 0 spiro atoms. The lowest BCUT2D eigenvalue weighted by molar-refractivity contribution is 0.0696. The van der Waals surface area contributed by atoms with Gasteiger partial charge in [0.15, 0.2) is 24.0 Å². The highest BCUT2D eigenvalue weighted by atomic mass is 16.6. The second-order valence-electron chi connectivity index (χ2n) is 10.0. The first-order chi connectivity index (χ1) is 21.6. The third-order valence-electron chi connectivity index (χ3n) is 7.41. The Kier molecular flexibility index (Phi) is 7.10. The molecule has 0 bridgehead atoms. The number of amides is 1. The van der Waals surface area contributed by atoms with Crippen molar-refractivity contribution >= 4 is 29.7 Å².